The molecule has 1 aromatic rings. The van der Waals surface area contributed by atoms with E-state index in [0.29, 0.717) is 0 Å². The first kappa shape index (κ1) is 12.4. The maximum absolute atomic E-state index is 4.38. The second kappa shape index (κ2) is 6.05. The molecule has 2 rings (SSSR count). The Morgan fingerprint density at radius 1 is 1.65 bits per heavy atom. The molecule has 0 saturated carbocycles. The van der Waals surface area contributed by atoms with E-state index in [4.69, 9.17) is 0 Å². The lowest BCUT2D eigenvalue weighted by Crippen LogP contribution is -2.45. The minimum absolute atomic E-state index is 0.781. The van der Waals surface area contributed by atoms with E-state index >= 15 is 0 Å². The largest absolute Gasteiger partial charge is 0.352 e. The Hall–Kier alpha value is -1.03. The Kier molecular flexibility index (Phi) is 4.42. The zero-order valence-electron chi connectivity index (χ0n) is 10.6. The zero-order valence-corrected chi connectivity index (χ0v) is 11.5. The predicted octanol–water partition coefficient (Wildman–Crippen LogP) is 2.56. The number of thiophene rings is 1. The number of piperidine rings is 1. The van der Waals surface area contributed by atoms with E-state index in [9.17, 15) is 0 Å². The number of hydrogen-bond donors (Lipinski definition) is 1. The molecule has 1 aliphatic rings. The summed E-state index contributed by atoms with van der Waals surface area (Å²) in [5.41, 5.74) is 1.33. The Morgan fingerprint density at radius 3 is 3.18 bits per heavy atom. The van der Waals surface area contributed by atoms with Crippen LogP contribution in [0.5, 0.6) is 0 Å². The summed E-state index contributed by atoms with van der Waals surface area (Å²) in [6.07, 6.45) is 2.62. The van der Waals surface area contributed by atoms with Crippen molar-refractivity contribution in [3.05, 3.63) is 22.4 Å². The third-order valence-electron chi connectivity index (χ3n) is 3.20. The fourth-order valence-corrected chi connectivity index (χ4v) is 2.96. The summed E-state index contributed by atoms with van der Waals surface area (Å²) < 4.78 is 0. The SMILES string of the molecule is CN=C(NCc1ccsc1)N1CCCC(C)C1. The topological polar surface area (TPSA) is 27.6 Å². The van der Waals surface area contributed by atoms with Crippen molar-refractivity contribution < 1.29 is 0 Å². The second-order valence-electron chi connectivity index (χ2n) is 4.73. The highest BCUT2D eigenvalue weighted by molar-refractivity contribution is 7.07. The van der Waals surface area contributed by atoms with Crippen LogP contribution >= 0.6 is 11.3 Å². The van der Waals surface area contributed by atoms with Crippen LogP contribution in [-0.2, 0) is 6.54 Å². The monoisotopic (exact) mass is 251 g/mol. The van der Waals surface area contributed by atoms with Crippen LogP contribution in [0.1, 0.15) is 25.3 Å². The van der Waals surface area contributed by atoms with Crippen molar-refractivity contribution in [2.45, 2.75) is 26.3 Å². The lowest BCUT2D eigenvalue weighted by Gasteiger charge is -2.33. The Morgan fingerprint density at radius 2 is 2.53 bits per heavy atom. The van der Waals surface area contributed by atoms with Crippen LogP contribution < -0.4 is 5.32 Å². The quantitative estimate of drug-likeness (QED) is 0.646. The van der Waals surface area contributed by atoms with Crippen molar-refractivity contribution in [2.24, 2.45) is 10.9 Å². The molecular weight excluding hydrogens is 230 g/mol. The molecular formula is C13H21N3S. The van der Waals surface area contributed by atoms with Crippen LogP contribution in [0.4, 0.5) is 0 Å². The van der Waals surface area contributed by atoms with Gasteiger partial charge in [-0.25, -0.2) is 0 Å². The molecule has 1 aliphatic heterocycles. The highest BCUT2D eigenvalue weighted by Crippen LogP contribution is 2.15. The number of likely N-dealkylation sites (tertiary alicyclic amines) is 1. The molecule has 2 heterocycles. The van der Waals surface area contributed by atoms with Gasteiger partial charge in [0.25, 0.3) is 0 Å². The molecule has 1 N–H and O–H groups in total. The van der Waals surface area contributed by atoms with Gasteiger partial charge < -0.3 is 10.2 Å². The first-order valence-electron chi connectivity index (χ1n) is 6.26. The van der Waals surface area contributed by atoms with Gasteiger partial charge >= 0.3 is 0 Å². The molecule has 1 atom stereocenters. The minimum atomic E-state index is 0.781. The molecule has 3 nitrogen and oxygen atoms in total. The van der Waals surface area contributed by atoms with Crippen molar-refractivity contribution >= 4 is 17.3 Å². The fourth-order valence-electron chi connectivity index (χ4n) is 2.29. The van der Waals surface area contributed by atoms with E-state index in [1.165, 1.54) is 18.4 Å². The number of rotatable bonds is 2. The Labute approximate surface area is 108 Å². The molecule has 1 unspecified atom stereocenters. The van der Waals surface area contributed by atoms with Crippen molar-refractivity contribution in [3.63, 3.8) is 0 Å². The summed E-state index contributed by atoms with van der Waals surface area (Å²) in [7, 11) is 1.87. The average Bonchev–Trinajstić information content (AvgIpc) is 2.83. The summed E-state index contributed by atoms with van der Waals surface area (Å²) in [5.74, 6) is 1.83. The van der Waals surface area contributed by atoms with Crippen molar-refractivity contribution in [3.8, 4) is 0 Å². The van der Waals surface area contributed by atoms with Gasteiger partial charge in [0.15, 0.2) is 5.96 Å². The Balaban J connectivity index is 1.88. The van der Waals surface area contributed by atoms with Gasteiger partial charge in [-0.3, -0.25) is 4.99 Å². The van der Waals surface area contributed by atoms with Crippen LogP contribution in [0.3, 0.4) is 0 Å². The van der Waals surface area contributed by atoms with Crippen LogP contribution in [0, 0.1) is 5.92 Å². The van der Waals surface area contributed by atoms with E-state index in [1.54, 1.807) is 11.3 Å². The summed E-state index contributed by atoms with van der Waals surface area (Å²) in [5, 5.41) is 7.74. The summed E-state index contributed by atoms with van der Waals surface area (Å²) in [4.78, 5) is 6.76. The highest BCUT2D eigenvalue weighted by Gasteiger charge is 2.18. The van der Waals surface area contributed by atoms with Gasteiger partial charge in [0.1, 0.15) is 0 Å². The van der Waals surface area contributed by atoms with Crippen LogP contribution in [0.15, 0.2) is 21.8 Å². The summed E-state index contributed by atoms with van der Waals surface area (Å²) in [6, 6.07) is 2.16. The van der Waals surface area contributed by atoms with E-state index in [1.807, 2.05) is 7.05 Å². The molecule has 0 amide bonds. The molecule has 0 bridgehead atoms. The molecule has 4 heteroatoms. The lowest BCUT2D eigenvalue weighted by molar-refractivity contribution is 0.266. The van der Waals surface area contributed by atoms with E-state index < -0.39 is 0 Å². The lowest BCUT2D eigenvalue weighted by atomic mass is 10.0. The molecule has 0 aromatic carbocycles. The summed E-state index contributed by atoms with van der Waals surface area (Å²) >= 11 is 1.74. The first-order chi connectivity index (χ1) is 8.29. The third-order valence-corrected chi connectivity index (χ3v) is 3.93. The standard InChI is InChI=1S/C13H21N3S/c1-11-4-3-6-16(9-11)13(14-2)15-8-12-5-7-17-10-12/h5,7,10-11H,3-4,6,8-9H2,1-2H3,(H,14,15). The number of hydrogen-bond acceptors (Lipinski definition) is 2. The van der Waals surface area contributed by atoms with E-state index in [-0.39, 0.29) is 0 Å². The molecule has 1 saturated heterocycles. The van der Waals surface area contributed by atoms with E-state index in [0.717, 1.165) is 31.5 Å². The predicted molar refractivity (Wildman–Crippen MR) is 74.5 cm³/mol. The normalized spacial score (nSPS) is 21.6. The third kappa shape index (κ3) is 3.46. The van der Waals surface area contributed by atoms with Gasteiger partial charge in [0.05, 0.1) is 0 Å². The molecule has 1 aromatic heterocycles. The first-order valence-corrected chi connectivity index (χ1v) is 7.20. The summed E-state index contributed by atoms with van der Waals surface area (Å²) in [6.45, 7) is 5.45. The maximum atomic E-state index is 4.38. The van der Waals surface area contributed by atoms with Gasteiger partial charge in [-0.15, -0.1) is 0 Å². The number of guanidine groups is 1. The number of aliphatic imine (C=N–C) groups is 1. The minimum Gasteiger partial charge on any atom is -0.352 e. The van der Waals surface area contributed by atoms with E-state index in [2.05, 4.69) is 39.0 Å². The van der Waals surface area contributed by atoms with Gasteiger partial charge in [-0.1, -0.05) is 6.92 Å². The van der Waals surface area contributed by atoms with Crippen LogP contribution in [0.2, 0.25) is 0 Å². The molecule has 0 spiro atoms. The fraction of sp³-hybridized carbons (Fsp3) is 0.615. The van der Waals surface area contributed by atoms with Crippen LogP contribution in [-0.4, -0.2) is 31.0 Å². The van der Waals surface area contributed by atoms with Gasteiger partial charge in [0.2, 0.25) is 0 Å². The second-order valence-corrected chi connectivity index (χ2v) is 5.51. The number of nitrogens with zero attached hydrogens (tertiary/aromatic N) is 2. The molecule has 0 aliphatic carbocycles. The molecule has 17 heavy (non-hydrogen) atoms. The van der Waals surface area contributed by atoms with Crippen molar-refractivity contribution in [2.75, 3.05) is 20.1 Å². The van der Waals surface area contributed by atoms with Crippen molar-refractivity contribution in [1.82, 2.24) is 10.2 Å². The molecule has 1 fully saturated rings. The van der Waals surface area contributed by atoms with Gasteiger partial charge in [0, 0.05) is 26.7 Å². The van der Waals surface area contributed by atoms with Gasteiger partial charge in [-0.2, -0.15) is 11.3 Å². The molecule has 0 radical (unpaired) electrons. The smallest absolute Gasteiger partial charge is 0.193 e. The maximum Gasteiger partial charge on any atom is 0.193 e. The number of nitrogens with one attached hydrogen (secondary N) is 1. The van der Waals surface area contributed by atoms with Crippen molar-refractivity contribution in [1.29, 1.82) is 0 Å². The van der Waals surface area contributed by atoms with Gasteiger partial charge in [-0.05, 0) is 41.1 Å². The Bertz CT molecular complexity index is 359. The van der Waals surface area contributed by atoms with Crippen LogP contribution in [0.25, 0.3) is 0 Å². The highest BCUT2D eigenvalue weighted by atomic mass is 32.1. The zero-order chi connectivity index (χ0) is 12.1. The molecule has 94 valence electrons. The average molecular weight is 251 g/mol.